The molecule has 0 N–H and O–H groups in total. The van der Waals surface area contributed by atoms with Gasteiger partial charge in [0, 0.05) is 0 Å². The number of allylic oxidation sites excluding steroid dienone is 3. The monoisotopic (exact) mass is 204 g/mol. The first-order valence-corrected chi connectivity index (χ1v) is 6.37. The third-order valence-electron chi connectivity index (χ3n) is 4.97. The van der Waals surface area contributed by atoms with E-state index >= 15 is 0 Å². The maximum Gasteiger partial charge on any atom is -0.0146 e. The molecule has 15 heavy (non-hydrogen) atoms. The second-order valence-corrected chi connectivity index (χ2v) is 5.87. The van der Waals surface area contributed by atoms with E-state index in [9.17, 15) is 0 Å². The average molecular weight is 204 g/mol. The predicted molar refractivity (Wildman–Crippen MR) is 66.7 cm³/mol. The summed E-state index contributed by atoms with van der Waals surface area (Å²) in [4.78, 5) is 0. The van der Waals surface area contributed by atoms with Gasteiger partial charge in [0.05, 0.1) is 0 Å². The van der Waals surface area contributed by atoms with Crippen LogP contribution in [0.1, 0.15) is 52.9 Å². The Morgan fingerprint density at radius 3 is 2.73 bits per heavy atom. The first kappa shape index (κ1) is 11.0. The fraction of sp³-hybridized carbons (Fsp3) is 0.733. The molecule has 0 radical (unpaired) electrons. The van der Waals surface area contributed by atoms with E-state index in [4.69, 9.17) is 0 Å². The Bertz CT molecular complexity index is 297. The van der Waals surface area contributed by atoms with Crippen molar-refractivity contribution in [2.45, 2.75) is 52.9 Å². The Kier molecular flexibility index (Phi) is 2.79. The van der Waals surface area contributed by atoms with E-state index in [1.165, 1.54) is 37.7 Å². The molecule has 0 amide bonds. The third kappa shape index (κ3) is 1.68. The zero-order valence-electron chi connectivity index (χ0n) is 10.5. The van der Waals surface area contributed by atoms with Crippen molar-refractivity contribution < 1.29 is 0 Å². The van der Waals surface area contributed by atoms with E-state index in [0.717, 1.165) is 11.8 Å². The van der Waals surface area contributed by atoms with Crippen LogP contribution in [0.25, 0.3) is 0 Å². The van der Waals surface area contributed by atoms with Gasteiger partial charge < -0.3 is 0 Å². The van der Waals surface area contributed by atoms with Crippen LogP contribution in [0.3, 0.4) is 0 Å². The van der Waals surface area contributed by atoms with Crippen molar-refractivity contribution >= 4 is 0 Å². The van der Waals surface area contributed by atoms with Crippen molar-refractivity contribution in [3.05, 3.63) is 23.8 Å². The van der Waals surface area contributed by atoms with Gasteiger partial charge >= 0.3 is 0 Å². The minimum atomic E-state index is 0.575. The second-order valence-electron chi connectivity index (χ2n) is 5.87. The molecule has 0 heteroatoms. The lowest BCUT2D eigenvalue weighted by Gasteiger charge is -2.42. The average Bonchev–Trinajstić information content (AvgIpc) is 2.50. The molecule has 0 aromatic carbocycles. The number of hydrogen-bond acceptors (Lipinski definition) is 0. The molecule has 0 saturated heterocycles. The number of hydrogen-bond donors (Lipinski definition) is 0. The molecule has 0 nitrogen and oxygen atoms in total. The summed E-state index contributed by atoms with van der Waals surface area (Å²) in [6, 6.07) is 0. The van der Waals surface area contributed by atoms with Gasteiger partial charge in [0.15, 0.2) is 0 Å². The van der Waals surface area contributed by atoms with Gasteiger partial charge in [-0.2, -0.15) is 0 Å². The standard InChI is InChI=1S/C15H24/c1-11(2)14-6-5-13(4)15(14)9-7-12(3)8-10-15/h7,13-14H,1,5-6,8-10H2,2-4H3/t13-,14+,15-/m0/s1. The molecule has 1 fully saturated rings. The molecule has 3 atom stereocenters. The summed E-state index contributed by atoms with van der Waals surface area (Å²) < 4.78 is 0. The molecule has 0 unspecified atom stereocenters. The summed E-state index contributed by atoms with van der Waals surface area (Å²) in [5, 5.41) is 0. The Morgan fingerprint density at radius 1 is 1.47 bits per heavy atom. The van der Waals surface area contributed by atoms with E-state index in [0.29, 0.717) is 5.41 Å². The summed E-state index contributed by atoms with van der Waals surface area (Å²) in [6.45, 7) is 11.2. The molecular formula is C15H24. The van der Waals surface area contributed by atoms with Crippen LogP contribution in [0.2, 0.25) is 0 Å². The highest BCUT2D eigenvalue weighted by molar-refractivity contribution is 5.17. The van der Waals surface area contributed by atoms with Gasteiger partial charge in [0.25, 0.3) is 0 Å². The van der Waals surface area contributed by atoms with Crippen LogP contribution in [0, 0.1) is 17.3 Å². The maximum atomic E-state index is 4.22. The van der Waals surface area contributed by atoms with Crippen LogP contribution in [0.4, 0.5) is 0 Å². The molecule has 2 aliphatic carbocycles. The minimum absolute atomic E-state index is 0.575. The van der Waals surface area contributed by atoms with Crippen LogP contribution in [0.5, 0.6) is 0 Å². The van der Waals surface area contributed by atoms with Gasteiger partial charge in [0.1, 0.15) is 0 Å². The van der Waals surface area contributed by atoms with Crippen molar-refractivity contribution in [3.63, 3.8) is 0 Å². The normalized spacial score (nSPS) is 40.6. The topological polar surface area (TPSA) is 0 Å². The van der Waals surface area contributed by atoms with E-state index in [1.807, 2.05) is 0 Å². The van der Waals surface area contributed by atoms with Crippen LogP contribution in [0.15, 0.2) is 23.8 Å². The summed E-state index contributed by atoms with van der Waals surface area (Å²) in [6.07, 6.45) is 9.29. The van der Waals surface area contributed by atoms with Gasteiger partial charge in [-0.05, 0) is 63.2 Å². The van der Waals surface area contributed by atoms with Crippen LogP contribution in [-0.2, 0) is 0 Å². The maximum absolute atomic E-state index is 4.22. The Morgan fingerprint density at radius 2 is 2.20 bits per heavy atom. The smallest absolute Gasteiger partial charge is 0.0146 e. The fourth-order valence-corrected chi connectivity index (χ4v) is 3.83. The molecule has 0 aromatic rings. The molecule has 84 valence electrons. The van der Waals surface area contributed by atoms with Crippen molar-refractivity contribution in [2.24, 2.45) is 17.3 Å². The minimum Gasteiger partial charge on any atom is -0.0998 e. The van der Waals surface area contributed by atoms with E-state index in [2.05, 4.69) is 33.4 Å². The Balaban J connectivity index is 2.27. The van der Waals surface area contributed by atoms with Gasteiger partial charge in [-0.3, -0.25) is 0 Å². The lowest BCUT2D eigenvalue weighted by atomic mass is 9.63. The highest BCUT2D eigenvalue weighted by atomic mass is 14.5. The molecule has 0 bridgehead atoms. The molecule has 0 heterocycles. The van der Waals surface area contributed by atoms with Crippen molar-refractivity contribution in [2.75, 3.05) is 0 Å². The molecule has 0 aliphatic heterocycles. The van der Waals surface area contributed by atoms with E-state index in [1.54, 1.807) is 5.57 Å². The second kappa shape index (κ2) is 3.81. The highest BCUT2D eigenvalue weighted by Crippen LogP contribution is 2.57. The first-order chi connectivity index (χ1) is 7.06. The summed E-state index contributed by atoms with van der Waals surface area (Å²) in [7, 11) is 0. The van der Waals surface area contributed by atoms with Crippen molar-refractivity contribution in [1.82, 2.24) is 0 Å². The lowest BCUT2D eigenvalue weighted by molar-refractivity contribution is 0.142. The van der Waals surface area contributed by atoms with Crippen LogP contribution >= 0.6 is 0 Å². The SMILES string of the molecule is C=C(C)[C@H]1CC[C@H](C)[C@@]12CC=C(C)CC2. The summed E-state index contributed by atoms with van der Waals surface area (Å²) >= 11 is 0. The predicted octanol–water partition coefficient (Wildman–Crippen LogP) is 4.73. The van der Waals surface area contributed by atoms with Crippen molar-refractivity contribution in [3.8, 4) is 0 Å². The fourth-order valence-electron chi connectivity index (χ4n) is 3.83. The third-order valence-corrected chi connectivity index (χ3v) is 4.97. The molecule has 1 spiro atoms. The zero-order chi connectivity index (χ0) is 11.1. The van der Waals surface area contributed by atoms with Gasteiger partial charge in [-0.1, -0.05) is 30.7 Å². The first-order valence-electron chi connectivity index (χ1n) is 6.37. The van der Waals surface area contributed by atoms with Gasteiger partial charge in [0.2, 0.25) is 0 Å². The lowest BCUT2D eigenvalue weighted by Crippen LogP contribution is -2.33. The largest absolute Gasteiger partial charge is 0.0998 e. The quantitative estimate of drug-likeness (QED) is 0.542. The summed E-state index contributed by atoms with van der Waals surface area (Å²) in [5.41, 5.74) is 3.60. The van der Waals surface area contributed by atoms with Crippen LogP contribution in [-0.4, -0.2) is 0 Å². The van der Waals surface area contributed by atoms with Crippen molar-refractivity contribution in [1.29, 1.82) is 0 Å². The Hall–Kier alpha value is -0.520. The molecule has 1 saturated carbocycles. The molecule has 0 aromatic heterocycles. The van der Waals surface area contributed by atoms with Gasteiger partial charge in [-0.15, -0.1) is 0 Å². The van der Waals surface area contributed by atoms with E-state index in [-0.39, 0.29) is 0 Å². The molecular weight excluding hydrogens is 180 g/mol. The highest BCUT2D eigenvalue weighted by Gasteiger charge is 2.47. The molecule has 2 rings (SSSR count). The zero-order valence-corrected chi connectivity index (χ0v) is 10.5. The summed E-state index contributed by atoms with van der Waals surface area (Å²) in [5.74, 6) is 1.68. The Labute approximate surface area is 94.5 Å². The van der Waals surface area contributed by atoms with Crippen LogP contribution < -0.4 is 0 Å². The van der Waals surface area contributed by atoms with E-state index < -0.39 is 0 Å². The molecule has 2 aliphatic rings. The van der Waals surface area contributed by atoms with Gasteiger partial charge in [-0.25, -0.2) is 0 Å². The number of rotatable bonds is 1.